The van der Waals surface area contributed by atoms with Crippen molar-refractivity contribution in [3.05, 3.63) is 137 Å². The summed E-state index contributed by atoms with van der Waals surface area (Å²) in [5.41, 5.74) is 5.77. The number of alkyl halides is 3. The topological polar surface area (TPSA) is 116 Å². The molecule has 0 spiro atoms. The number of methoxy groups -OCH3 is 1. The van der Waals surface area contributed by atoms with Gasteiger partial charge in [-0.15, -0.1) is 0 Å². The van der Waals surface area contributed by atoms with E-state index in [1.807, 2.05) is 91.0 Å². The van der Waals surface area contributed by atoms with Crippen LogP contribution in [0.4, 0.5) is 13.2 Å². The van der Waals surface area contributed by atoms with Crippen LogP contribution >= 0.6 is 0 Å². The third-order valence-corrected chi connectivity index (χ3v) is 8.19. The maximum Gasteiger partial charge on any atom is 0.490 e. The molecule has 0 aromatic heterocycles. The number of esters is 1. The average molecular weight is 716 g/mol. The van der Waals surface area contributed by atoms with Gasteiger partial charge in [0.25, 0.3) is 5.91 Å². The number of nitrogens with one attached hydrogen (secondary N) is 1. The summed E-state index contributed by atoms with van der Waals surface area (Å²) in [7, 11) is 1.35. The largest absolute Gasteiger partial charge is 0.490 e. The van der Waals surface area contributed by atoms with E-state index in [1.165, 1.54) is 20.0 Å². The van der Waals surface area contributed by atoms with Gasteiger partial charge in [-0.2, -0.15) is 13.2 Å². The Morgan fingerprint density at radius 1 is 0.808 bits per heavy atom. The number of rotatable bonds is 12. The van der Waals surface area contributed by atoms with Gasteiger partial charge in [-0.3, -0.25) is 9.59 Å². The van der Waals surface area contributed by atoms with Crippen molar-refractivity contribution >= 4 is 29.8 Å². The Morgan fingerprint density at radius 2 is 1.42 bits per heavy atom. The first kappa shape index (κ1) is 39.0. The number of benzene rings is 4. The third kappa shape index (κ3) is 12.2. The number of carboxylic acids is 1. The van der Waals surface area contributed by atoms with Crippen LogP contribution in [0.2, 0.25) is 0 Å². The van der Waals surface area contributed by atoms with Gasteiger partial charge in [0.15, 0.2) is 0 Å². The number of halogens is 3. The van der Waals surface area contributed by atoms with E-state index in [-0.39, 0.29) is 11.8 Å². The Labute approximate surface area is 300 Å². The van der Waals surface area contributed by atoms with Crippen molar-refractivity contribution in [1.29, 1.82) is 0 Å². The maximum atomic E-state index is 13.5. The summed E-state index contributed by atoms with van der Waals surface area (Å²) in [5.74, 6) is -3.37. The number of carbonyl (C=O) groups excluding carboxylic acids is 3. The van der Waals surface area contributed by atoms with Crippen LogP contribution in [0.3, 0.4) is 0 Å². The molecule has 272 valence electrons. The van der Waals surface area contributed by atoms with Crippen LogP contribution < -0.4 is 5.32 Å². The fraction of sp³-hybridized carbons (Fsp3) is 0.250. The van der Waals surface area contributed by atoms with E-state index in [9.17, 15) is 27.6 Å². The molecule has 1 heterocycles. The third-order valence-electron chi connectivity index (χ3n) is 8.19. The summed E-state index contributed by atoms with van der Waals surface area (Å²) in [6, 6.07) is 32.5. The second-order valence-electron chi connectivity index (χ2n) is 12.0. The molecule has 4 aromatic rings. The summed E-state index contributed by atoms with van der Waals surface area (Å²) in [6.45, 7) is 4.45. The number of carbonyl (C=O) groups is 4. The van der Waals surface area contributed by atoms with Gasteiger partial charge >= 0.3 is 18.1 Å². The standard InChI is InChI=1S/C38H39N3O4.C2HF3O2/c1-45-38(44)32-18-15-30(16-19-32)27-41(36(42)20-17-29-9-3-2-4-10-29)28-31-11-7-12-33(25-31)34-13-8-14-35(26-34)37(43)39-21-24-40-22-5-6-23-40;3-2(4,5)1(6)7/h2-4,7-20,25-26H,5-6,21-24,27-28H2,1H3,(H,39,43);(H,6,7). The number of aliphatic carboxylic acids is 1. The zero-order chi connectivity index (χ0) is 37.5. The molecule has 0 bridgehead atoms. The van der Waals surface area contributed by atoms with Crippen LogP contribution in [0.25, 0.3) is 17.2 Å². The minimum Gasteiger partial charge on any atom is -0.475 e. The van der Waals surface area contributed by atoms with Gasteiger partial charge in [0.05, 0.1) is 12.7 Å². The number of hydrogen-bond donors (Lipinski definition) is 2. The van der Waals surface area contributed by atoms with E-state index in [0.29, 0.717) is 30.8 Å². The lowest BCUT2D eigenvalue weighted by atomic mass is 10.0. The Hall–Kier alpha value is -5.75. The Balaban J connectivity index is 0.000000785. The molecular weight excluding hydrogens is 675 g/mol. The van der Waals surface area contributed by atoms with Crippen LogP contribution in [0, 0.1) is 0 Å². The van der Waals surface area contributed by atoms with Crippen LogP contribution in [0.5, 0.6) is 0 Å². The van der Waals surface area contributed by atoms with Gasteiger partial charge < -0.3 is 25.0 Å². The summed E-state index contributed by atoms with van der Waals surface area (Å²) in [4.78, 5) is 51.4. The van der Waals surface area contributed by atoms with Crippen LogP contribution in [0.1, 0.15) is 50.2 Å². The highest BCUT2D eigenvalue weighted by Crippen LogP contribution is 2.23. The first-order valence-electron chi connectivity index (χ1n) is 16.6. The summed E-state index contributed by atoms with van der Waals surface area (Å²) >= 11 is 0. The molecule has 4 aromatic carbocycles. The maximum absolute atomic E-state index is 13.5. The van der Waals surface area contributed by atoms with E-state index in [4.69, 9.17) is 14.6 Å². The van der Waals surface area contributed by atoms with E-state index >= 15 is 0 Å². The zero-order valence-electron chi connectivity index (χ0n) is 28.6. The lowest BCUT2D eigenvalue weighted by Gasteiger charge is -2.22. The molecule has 5 rings (SSSR count). The van der Waals surface area contributed by atoms with E-state index < -0.39 is 18.1 Å². The van der Waals surface area contributed by atoms with Crippen molar-refractivity contribution in [2.75, 3.05) is 33.3 Å². The molecule has 0 unspecified atom stereocenters. The molecule has 1 aliphatic rings. The van der Waals surface area contributed by atoms with Gasteiger partial charge in [-0.05, 0) is 90.2 Å². The van der Waals surface area contributed by atoms with Gasteiger partial charge in [-0.1, -0.05) is 72.8 Å². The van der Waals surface area contributed by atoms with Crippen LogP contribution in [0.15, 0.2) is 109 Å². The molecule has 1 aliphatic heterocycles. The van der Waals surface area contributed by atoms with Crippen molar-refractivity contribution in [2.45, 2.75) is 32.1 Å². The predicted octanol–water partition coefficient (Wildman–Crippen LogP) is 6.84. The second-order valence-corrected chi connectivity index (χ2v) is 12.0. The quantitative estimate of drug-likeness (QED) is 0.122. The van der Waals surface area contributed by atoms with Crippen molar-refractivity contribution in [2.24, 2.45) is 0 Å². The van der Waals surface area contributed by atoms with Gasteiger partial charge in [-0.25, -0.2) is 9.59 Å². The Kier molecular flexibility index (Phi) is 14.3. The Morgan fingerprint density at radius 3 is 2.06 bits per heavy atom. The molecule has 0 atom stereocenters. The monoisotopic (exact) mass is 715 g/mol. The van der Waals surface area contributed by atoms with E-state index in [1.54, 1.807) is 23.1 Å². The molecule has 9 nitrogen and oxygen atoms in total. The highest BCUT2D eigenvalue weighted by Gasteiger charge is 2.38. The smallest absolute Gasteiger partial charge is 0.475 e. The lowest BCUT2D eigenvalue weighted by Crippen LogP contribution is -2.33. The number of carboxylic acid groups (broad SMARTS) is 1. The highest BCUT2D eigenvalue weighted by atomic mass is 19.4. The van der Waals surface area contributed by atoms with Crippen molar-refractivity contribution in [3.8, 4) is 11.1 Å². The number of hydrogen-bond acceptors (Lipinski definition) is 6. The second kappa shape index (κ2) is 19.0. The molecule has 1 fully saturated rings. The SMILES string of the molecule is COC(=O)c1ccc(CN(Cc2cccc(-c3cccc(C(=O)NCCN4CCCC4)c3)c2)C(=O)C=Cc2ccccc2)cc1.O=C(O)C(F)(F)F. The van der Waals surface area contributed by atoms with E-state index in [0.717, 1.165) is 47.5 Å². The molecule has 2 amide bonds. The Bertz CT molecular complexity index is 1840. The molecule has 2 N–H and O–H groups in total. The number of amides is 2. The van der Waals surface area contributed by atoms with Crippen LogP contribution in [-0.4, -0.2) is 78.1 Å². The minimum absolute atomic E-state index is 0.0765. The molecule has 12 heteroatoms. The normalized spacial score (nSPS) is 12.8. The summed E-state index contributed by atoms with van der Waals surface area (Å²) < 4.78 is 36.6. The minimum atomic E-state index is -5.08. The van der Waals surface area contributed by atoms with Crippen LogP contribution in [-0.2, 0) is 27.4 Å². The summed E-state index contributed by atoms with van der Waals surface area (Å²) in [6.07, 6.45) is 0.784. The van der Waals surface area contributed by atoms with Gasteiger partial charge in [0, 0.05) is 37.8 Å². The number of nitrogens with zero attached hydrogens (tertiary/aromatic N) is 2. The highest BCUT2D eigenvalue weighted by molar-refractivity contribution is 5.95. The lowest BCUT2D eigenvalue weighted by molar-refractivity contribution is -0.192. The first-order valence-corrected chi connectivity index (χ1v) is 16.6. The average Bonchev–Trinajstić information content (AvgIpc) is 3.67. The van der Waals surface area contributed by atoms with Crippen molar-refractivity contribution in [1.82, 2.24) is 15.1 Å². The predicted molar refractivity (Wildman–Crippen MR) is 191 cm³/mol. The molecule has 1 saturated heterocycles. The molecule has 0 aliphatic carbocycles. The van der Waals surface area contributed by atoms with Crippen molar-refractivity contribution < 1.29 is 42.2 Å². The van der Waals surface area contributed by atoms with E-state index in [2.05, 4.69) is 16.3 Å². The molecule has 0 saturated carbocycles. The van der Waals surface area contributed by atoms with Gasteiger partial charge in [0.2, 0.25) is 5.91 Å². The fourth-order valence-electron chi connectivity index (χ4n) is 5.48. The molecular formula is C40H40F3N3O6. The molecule has 0 radical (unpaired) electrons. The molecule has 52 heavy (non-hydrogen) atoms. The first-order chi connectivity index (χ1) is 24.9. The number of ether oxygens (including phenoxy) is 1. The summed E-state index contributed by atoms with van der Waals surface area (Å²) in [5, 5.41) is 10.2. The fourth-order valence-corrected chi connectivity index (χ4v) is 5.48. The zero-order valence-corrected chi connectivity index (χ0v) is 28.6. The number of likely N-dealkylation sites (tertiary alicyclic amines) is 1. The van der Waals surface area contributed by atoms with Crippen molar-refractivity contribution in [3.63, 3.8) is 0 Å². The van der Waals surface area contributed by atoms with Gasteiger partial charge in [0.1, 0.15) is 0 Å².